The number of rotatable bonds is 14. The average Bonchev–Trinajstić information content (AvgIpc) is 2.58. The Kier molecular flexibility index (Phi) is 11.9. The van der Waals surface area contributed by atoms with Crippen LogP contribution in [0.2, 0.25) is 0 Å². The van der Waals surface area contributed by atoms with Gasteiger partial charge in [-0.1, -0.05) is 64.5 Å². The van der Waals surface area contributed by atoms with Crippen LogP contribution in [0, 0.1) is 0 Å². The molecule has 1 aromatic carbocycles. The fourth-order valence-electron chi connectivity index (χ4n) is 3.45. The van der Waals surface area contributed by atoms with Crippen LogP contribution in [-0.4, -0.2) is 23.4 Å². The van der Waals surface area contributed by atoms with Gasteiger partial charge in [0.05, 0.1) is 0 Å². The van der Waals surface area contributed by atoms with Crippen molar-refractivity contribution < 1.29 is 10.2 Å². The van der Waals surface area contributed by atoms with Crippen LogP contribution in [0.4, 0.5) is 0 Å². The van der Waals surface area contributed by atoms with E-state index in [0.29, 0.717) is 12.8 Å². The summed E-state index contributed by atoms with van der Waals surface area (Å²) in [4.78, 5) is 0. The Bertz CT molecular complexity index is 399. The molecule has 138 valence electrons. The molecular formula is C22H38O2. The molecule has 0 spiro atoms. The third kappa shape index (κ3) is 7.81. The fourth-order valence-corrected chi connectivity index (χ4v) is 3.45. The van der Waals surface area contributed by atoms with Crippen LogP contribution in [-0.2, 0) is 25.7 Å². The van der Waals surface area contributed by atoms with Gasteiger partial charge >= 0.3 is 0 Å². The van der Waals surface area contributed by atoms with Gasteiger partial charge in [0.2, 0.25) is 0 Å². The third-order valence-corrected chi connectivity index (χ3v) is 4.88. The minimum atomic E-state index is 0.184. The number of hydrogen-bond donors (Lipinski definition) is 2. The maximum atomic E-state index is 9.36. The monoisotopic (exact) mass is 334 g/mol. The van der Waals surface area contributed by atoms with Crippen molar-refractivity contribution in [2.75, 3.05) is 13.2 Å². The molecule has 0 aliphatic heterocycles. The summed E-state index contributed by atoms with van der Waals surface area (Å²) in [5.41, 5.74) is 5.42. The summed E-state index contributed by atoms with van der Waals surface area (Å²) in [6.07, 6.45) is 14.0. The molecular weight excluding hydrogens is 296 g/mol. The van der Waals surface area contributed by atoms with E-state index >= 15 is 0 Å². The first-order valence-corrected chi connectivity index (χ1v) is 10.1. The maximum absolute atomic E-state index is 9.36. The van der Waals surface area contributed by atoms with Gasteiger partial charge in [0.15, 0.2) is 0 Å². The Morgan fingerprint density at radius 3 is 1.25 bits per heavy atom. The van der Waals surface area contributed by atoms with Gasteiger partial charge in [-0.2, -0.15) is 0 Å². The molecule has 0 radical (unpaired) electrons. The van der Waals surface area contributed by atoms with Gasteiger partial charge in [0, 0.05) is 13.2 Å². The summed E-state index contributed by atoms with van der Waals surface area (Å²) >= 11 is 0. The molecule has 0 bridgehead atoms. The summed E-state index contributed by atoms with van der Waals surface area (Å²) in [5.74, 6) is 0. The van der Waals surface area contributed by atoms with Crippen molar-refractivity contribution in [3.05, 3.63) is 34.4 Å². The quantitative estimate of drug-likeness (QED) is 0.470. The van der Waals surface area contributed by atoms with E-state index in [1.54, 1.807) is 0 Å². The highest BCUT2D eigenvalue weighted by Crippen LogP contribution is 2.23. The highest BCUT2D eigenvalue weighted by atomic mass is 16.3. The summed E-state index contributed by atoms with van der Waals surface area (Å²) in [7, 11) is 0. The van der Waals surface area contributed by atoms with Crippen LogP contribution in [0.1, 0.15) is 87.5 Å². The zero-order valence-corrected chi connectivity index (χ0v) is 15.9. The number of unbranched alkanes of at least 4 members (excludes halogenated alkanes) is 6. The first-order valence-electron chi connectivity index (χ1n) is 10.1. The lowest BCUT2D eigenvalue weighted by Crippen LogP contribution is -2.06. The van der Waals surface area contributed by atoms with Crippen LogP contribution in [0.3, 0.4) is 0 Å². The standard InChI is InChI=1S/C22H38O2/c1-3-5-7-9-11-19-17-21(13-15-23)22(14-16-24)18-20(19)12-10-8-6-4-2/h17-18,23-24H,3-16H2,1-2H3. The lowest BCUT2D eigenvalue weighted by Gasteiger charge is -2.16. The molecule has 0 saturated heterocycles. The number of hydrogen-bond acceptors (Lipinski definition) is 2. The highest BCUT2D eigenvalue weighted by molar-refractivity contribution is 5.39. The van der Waals surface area contributed by atoms with Crippen molar-refractivity contribution in [1.82, 2.24) is 0 Å². The normalized spacial score (nSPS) is 11.2. The summed E-state index contributed by atoms with van der Waals surface area (Å²) in [5, 5.41) is 18.7. The van der Waals surface area contributed by atoms with E-state index in [9.17, 15) is 10.2 Å². The number of aliphatic hydroxyl groups excluding tert-OH is 2. The molecule has 0 heterocycles. The Labute approximate surface area is 149 Å². The molecule has 2 N–H and O–H groups in total. The minimum absolute atomic E-state index is 0.184. The Morgan fingerprint density at radius 1 is 0.542 bits per heavy atom. The number of aryl methyl sites for hydroxylation is 2. The lowest BCUT2D eigenvalue weighted by atomic mass is 9.90. The van der Waals surface area contributed by atoms with Gasteiger partial charge in [-0.25, -0.2) is 0 Å². The first-order chi connectivity index (χ1) is 11.8. The molecule has 1 rings (SSSR count). The van der Waals surface area contributed by atoms with Gasteiger partial charge in [0.1, 0.15) is 0 Å². The van der Waals surface area contributed by atoms with Crippen molar-refractivity contribution in [3.63, 3.8) is 0 Å². The SMILES string of the molecule is CCCCCCc1cc(CCO)c(CCO)cc1CCCCCC. The second kappa shape index (κ2) is 13.4. The van der Waals surface area contributed by atoms with Crippen LogP contribution in [0.15, 0.2) is 12.1 Å². The van der Waals surface area contributed by atoms with E-state index in [0.717, 1.165) is 12.8 Å². The molecule has 2 heteroatoms. The zero-order valence-electron chi connectivity index (χ0n) is 15.9. The van der Waals surface area contributed by atoms with Crippen molar-refractivity contribution in [2.45, 2.75) is 90.9 Å². The van der Waals surface area contributed by atoms with Crippen molar-refractivity contribution in [1.29, 1.82) is 0 Å². The molecule has 0 aromatic heterocycles. The first kappa shape index (κ1) is 21.2. The average molecular weight is 335 g/mol. The summed E-state index contributed by atoms with van der Waals surface area (Å²) < 4.78 is 0. The molecule has 0 unspecified atom stereocenters. The van der Waals surface area contributed by atoms with Crippen LogP contribution in [0.5, 0.6) is 0 Å². The van der Waals surface area contributed by atoms with Crippen LogP contribution < -0.4 is 0 Å². The number of benzene rings is 1. The Morgan fingerprint density at radius 2 is 0.917 bits per heavy atom. The van der Waals surface area contributed by atoms with E-state index in [-0.39, 0.29) is 13.2 Å². The van der Waals surface area contributed by atoms with E-state index < -0.39 is 0 Å². The molecule has 0 saturated carbocycles. The lowest BCUT2D eigenvalue weighted by molar-refractivity contribution is 0.293. The van der Waals surface area contributed by atoms with Crippen LogP contribution in [0.25, 0.3) is 0 Å². The van der Waals surface area contributed by atoms with Gasteiger partial charge < -0.3 is 10.2 Å². The molecule has 0 aliphatic carbocycles. The molecule has 24 heavy (non-hydrogen) atoms. The van der Waals surface area contributed by atoms with Gasteiger partial charge in [-0.3, -0.25) is 0 Å². The Balaban J connectivity index is 2.88. The minimum Gasteiger partial charge on any atom is -0.396 e. The van der Waals surface area contributed by atoms with E-state index in [1.807, 2.05) is 0 Å². The summed E-state index contributed by atoms with van der Waals surface area (Å²) in [6, 6.07) is 4.64. The van der Waals surface area contributed by atoms with Crippen molar-refractivity contribution >= 4 is 0 Å². The molecule has 0 amide bonds. The predicted molar refractivity (Wildman–Crippen MR) is 104 cm³/mol. The van der Waals surface area contributed by atoms with Gasteiger partial charge in [-0.05, 0) is 60.8 Å². The molecule has 2 nitrogen and oxygen atoms in total. The second-order valence-corrected chi connectivity index (χ2v) is 6.96. The largest absolute Gasteiger partial charge is 0.396 e. The van der Waals surface area contributed by atoms with Gasteiger partial charge in [-0.15, -0.1) is 0 Å². The predicted octanol–water partition coefficient (Wildman–Crippen LogP) is 5.00. The zero-order chi connectivity index (χ0) is 17.6. The smallest absolute Gasteiger partial charge is 0.0471 e. The fraction of sp³-hybridized carbons (Fsp3) is 0.727. The van der Waals surface area contributed by atoms with E-state index in [1.165, 1.54) is 73.6 Å². The maximum Gasteiger partial charge on any atom is 0.0471 e. The third-order valence-electron chi connectivity index (χ3n) is 4.88. The molecule has 0 aliphatic rings. The number of aliphatic hydroxyl groups is 2. The second-order valence-electron chi connectivity index (χ2n) is 6.96. The highest BCUT2D eigenvalue weighted by Gasteiger charge is 2.10. The molecule has 0 fully saturated rings. The van der Waals surface area contributed by atoms with Crippen LogP contribution >= 0.6 is 0 Å². The summed E-state index contributed by atoms with van der Waals surface area (Å²) in [6.45, 7) is 4.87. The van der Waals surface area contributed by atoms with E-state index in [2.05, 4.69) is 26.0 Å². The van der Waals surface area contributed by atoms with Crippen molar-refractivity contribution in [2.24, 2.45) is 0 Å². The van der Waals surface area contributed by atoms with Crippen molar-refractivity contribution in [3.8, 4) is 0 Å². The molecule has 0 atom stereocenters. The molecule has 1 aromatic rings. The topological polar surface area (TPSA) is 40.5 Å². The Hall–Kier alpha value is -0.860. The van der Waals surface area contributed by atoms with E-state index in [4.69, 9.17) is 0 Å². The van der Waals surface area contributed by atoms with Gasteiger partial charge in [0.25, 0.3) is 0 Å².